The first-order valence-electron chi connectivity index (χ1n) is 5.80. The fourth-order valence-electron chi connectivity index (χ4n) is 3.35. The summed E-state index contributed by atoms with van der Waals surface area (Å²) in [5.41, 5.74) is 3.81. The molecule has 15 heavy (non-hydrogen) atoms. The van der Waals surface area contributed by atoms with Crippen LogP contribution in [0.25, 0.3) is 0 Å². The van der Waals surface area contributed by atoms with Crippen molar-refractivity contribution < 1.29 is 0 Å². The van der Waals surface area contributed by atoms with Gasteiger partial charge in [-0.2, -0.15) is 11.8 Å². The highest BCUT2D eigenvalue weighted by Gasteiger charge is 2.46. The molecule has 1 spiro atoms. The van der Waals surface area contributed by atoms with Crippen LogP contribution in [0.2, 0.25) is 0 Å². The lowest BCUT2D eigenvalue weighted by Crippen LogP contribution is -2.23. The van der Waals surface area contributed by atoms with Gasteiger partial charge in [0.15, 0.2) is 0 Å². The molecule has 0 saturated carbocycles. The van der Waals surface area contributed by atoms with E-state index in [-0.39, 0.29) is 0 Å². The van der Waals surface area contributed by atoms with Crippen LogP contribution in [0.5, 0.6) is 0 Å². The number of fused-ring (bicyclic) bond motifs is 1. The highest BCUT2D eigenvalue weighted by Crippen LogP contribution is 2.54. The number of hydrogen-bond acceptors (Lipinski definition) is 1. The predicted octanol–water partition coefficient (Wildman–Crippen LogP) is 3.69. The summed E-state index contributed by atoms with van der Waals surface area (Å²) >= 11 is 2.17. The van der Waals surface area contributed by atoms with E-state index in [9.17, 15) is 0 Å². The van der Waals surface area contributed by atoms with E-state index in [4.69, 9.17) is 0 Å². The van der Waals surface area contributed by atoms with E-state index in [2.05, 4.69) is 49.9 Å². The van der Waals surface area contributed by atoms with Gasteiger partial charge in [0.1, 0.15) is 0 Å². The van der Waals surface area contributed by atoms with Crippen LogP contribution < -0.4 is 0 Å². The molecular weight excluding hydrogens is 200 g/mol. The van der Waals surface area contributed by atoms with E-state index in [0.29, 0.717) is 10.2 Å². The lowest BCUT2D eigenvalue weighted by atomic mass is 9.79. The van der Waals surface area contributed by atoms with Crippen molar-refractivity contribution in [3.8, 4) is 0 Å². The number of thioether (sulfide) groups is 1. The normalized spacial score (nSPS) is 25.7. The Hall–Kier alpha value is -0.430. The molecule has 0 radical (unpaired) electrons. The third kappa shape index (κ3) is 1.61. The topological polar surface area (TPSA) is 0 Å². The third-order valence-electron chi connectivity index (χ3n) is 3.82. The van der Waals surface area contributed by atoms with Gasteiger partial charge in [-0.15, -0.1) is 0 Å². The monoisotopic (exact) mass is 218 g/mol. The van der Waals surface area contributed by atoms with Gasteiger partial charge in [0.2, 0.25) is 0 Å². The number of rotatable bonds is 0. The van der Waals surface area contributed by atoms with Crippen molar-refractivity contribution in [2.45, 2.75) is 37.9 Å². The number of hydrogen-bond donors (Lipinski definition) is 0. The molecule has 1 heteroatoms. The second-order valence-electron chi connectivity index (χ2n) is 5.85. The zero-order valence-electron chi connectivity index (χ0n) is 9.55. The maximum Gasteiger partial charge on any atom is 0.0109 e. The first kappa shape index (κ1) is 9.77. The summed E-state index contributed by atoms with van der Waals surface area (Å²) in [6.45, 7) is 4.80. The van der Waals surface area contributed by atoms with Crippen LogP contribution in [0.4, 0.5) is 0 Å². The first-order valence-corrected chi connectivity index (χ1v) is 6.78. The Labute approximate surface area is 96.5 Å². The highest BCUT2D eigenvalue weighted by atomic mass is 32.2. The summed E-state index contributed by atoms with van der Waals surface area (Å²) in [5, 5.41) is 0. The molecule has 0 amide bonds. The summed E-state index contributed by atoms with van der Waals surface area (Å²) in [6, 6.07) is 9.01. The fourth-order valence-corrected chi connectivity index (χ4v) is 4.76. The van der Waals surface area contributed by atoms with E-state index < -0.39 is 0 Å². The van der Waals surface area contributed by atoms with Crippen molar-refractivity contribution >= 4 is 11.8 Å². The van der Waals surface area contributed by atoms with Crippen molar-refractivity contribution in [3.63, 3.8) is 0 Å². The second kappa shape index (κ2) is 3.04. The predicted molar refractivity (Wildman–Crippen MR) is 67.4 cm³/mol. The van der Waals surface area contributed by atoms with Crippen molar-refractivity contribution in [3.05, 3.63) is 35.4 Å². The van der Waals surface area contributed by atoms with Gasteiger partial charge >= 0.3 is 0 Å². The van der Waals surface area contributed by atoms with Crippen LogP contribution in [-0.2, 0) is 12.8 Å². The van der Waals surface area contributed by atoms with Crippen molar-refractivity contribution in [1.29, 1.82) is 0 Å². The molecule has 2 aliphatic rings. The molecule has 0 aromatic heterocycles. The van der Waals surface area contributed by atoms with E-state index in [1.807, 2.05) is 0 Å². The second-order valence-corrected chi connectivity index (χ2v) is 7.53. The Kier molecular flexibility index (Phi) is 1.98. The van der Waals surface area contributed by atoms with Crippen LogP contribution in [0.3, 0.4) is 0 Å². The van der Waals surface area contributed by atoms with Gasteiger partial charge < -0.3 is 0 Å². The van der Waals surface area contributed by atoms with Crippen molar-refractivity contribution in [2.24, 2.45) is 5.41 Å². The quantitative estimate of drug-likeness (QED) is 0.640. The SMILES string of the molecule is CC1(C)CC2(CS1)Cc1ccccc1C2. The molecule has 0 nitrogen and oxygen atoms in total. The Morgan fingerprint density at radius 2 is 1.67 bits per heavy atom. The minimum absolute atomic E-state index is 0.502. The van der Waals surface area contributed by atoms with Crippen molar-refractivity contribution in [1.82, 2.24) is 0 Å². The Bertz CT molecular complexity index is 367. The summed E-state index contributed by atoms with van der Waals surface area (Å²) in [7, 11) is 0. The molecule has 0 N–H and O–H groups in total. The minimum Gasteiger partial charge on any atom is -0.155 e. The molecule has 1 aliphatic heterocycles. The van der Waals surface area contributed by atoms with Gasteiger partial charge in [0.05, 0.1) is 0 Å². The molecule has 1 saturated heterocycles. The van der Waals surface area contributed by atoms with Gasteiger partial charge in [-0.1, -0.05) is 38.1 Å². The van der Waals surface area contributed by atoms with E-state index in [1.54, 1.807) is 11.1 Å². The summed E-state index contributed by atoms with van der Waals surface area (Å²) in [6.07, 6.45) is 4.03. The average Bonchev–Trinajstić information content (AvgIpc) is 2.66. The van der Waals surface area contributed by atoms with Crippen LogP contribution in [0.1, 0.15) is 31.4 Å². The van der Waals surface area contributed by atoms with Gasteiger partial charge in [0.25, 0.3) is 0 Å². The number of benzene rings is 1. The van der Waals surface area contributed by atoms with Gasteiger partial charge in [-0.05, 0) is 35.8 Å². The smallest absolute Gasteiger partial charge is 0.0109 e. The van der Waals surface area contributed by atoms with Crippen LogP contribution in [-0.4, -0.2) is 10.5 Å². The molecular formula is C14H18S. The van der Waals surface area contributed by atoms with E-state index >= 15 is 0 Å². The van der Waals surface area contributed by atoms with E-state index in [0.717, 1.165) is 0 Å². The van der Waals surface area contributed by atoms with Gasteiger partial charge in [-0.3, -0.25) is 0 Å². The molecule has 80 valence electrons. The Balaban J connectivity index is 1.90. The molecule has 1 aromatic carbocycles. The van der Waals surface area contributed by atoms with Crippen LogP contribution in [0, 0.1) is 5.41 Å². The first-order chi connectivity index (χ1) is 7.09. The zero-order chi connectivity index (χ0) is 10.5. The molecule has 3 rings (SSSR count). The van der Waals surface area contributed by atoms with Crippen LogP contribution >= 0.6 is 11.8 Å². The lowest BCUT2D eigenvalue weighted by Gasteiger charge is -2.24. The fraction of sp³-hybridized carbons (Fsp3) is 0.571. The molecule has 0 unspecified atom stereocenters. The highest BCUT2D eigenvalue weighted by molar-refractivity contribution is 8.00. The van der Waals surface area contributed by atoms with Gasteiger partial charge in [0, 0.05) is 10.5 Å². The van der Waals surface area contributed by atoms with Crippen molar-refractivity contribution in [2.75, 3.05) is 5.75 Å². The molecule has 1 aliphatic carbocycles. The molecule has 1 fully saturated rings. The molecule has 0 bridgehead atoms. The van der Waals surface area contributed by atoms with Crippen LogP contribution in [0.15, 0.2) is 24.3 Å². The summed E-state index contributed by atoms with van der Waals surface area (Å²) in [5.74, 6) is 1.36. The van der Waals surface area contributed by atoms with E-state index in [1.165, 1.54) is 25.0 Å². The Morgan fingerprint density at radius 1 is 1.07 bits per heavy atom. The standard InChI is InChI=1S/C14H18S/c1-13(2)9-14(10-15-13)7-11-5-3-4-6-12(11)8-14/h3-6H,7-10H2,1-2H3. The molecule has 1 aromatic rings. The average molecular weight is 218 g/mol. The Morgan fingerprint density at radius 3 is 2.13 bits per heavy atom. The summed E-state index contributed by atoms with van der Waals surface area (Å²) in [4.78, 5) is 0. The maximum absolute atomic E-state index is 2.40. The lowest BCUT2D eigenvalue weighted by molar-refractivity contribution is 0.318. The third-order valence-corrected chi connectivity index (χ3v) is 5.50. The maximum atomic E-state index is 2.40. The zero-order valence-corrected chi connectivity index (χ0v) is 10.4. The minimum atomic E-state index is 0.502. The molecule has 1 heterocycles. The molecule has 0 atom stereocenters. The van der Waals surface area contributed by atoms with Gasteiger partial charge in [-0.25, -0.2) is 0 Å². The largest absolute Gasteiger partial charge is 0.155 e. The summed E-state index contributed by atoms with van der Waals surface area (Å²) < 4.78 is 0.502.